The number of benzene rings is 1. The molecular weight excluding hydrogens is 271 g/mol. The van der Waals surface area contributed by atoms with Gasteiger partial charge >= 0.3 is 0 Å². The molecule has 0 fully saturated rings. The number of hydrogen-bond acceptors (Lipinski definition) is 4. The lowest BCUT2D eigenvalue weighted by Gasteiger charge is -2.10. The van der Waals surface area contributed by atoms with Gasteiger partial charge in [-0.3, -0.25) is 9.82 Å². The van der Waals surface area contributed by atoms with Crippen LogP contribution in [0.1, 0.15) is 11.1 Å². The molecule has 0 bridgehead atoms. The Morgan fingerprint density at radius 1 is 1.47 bits per heavy atom. The van der Waals surface area contributed by atoms with Crippen molar-refractivity contribution < 1.29 is 12.8 Å². The van der Waals surface area contributed by atoms with Crippen LogP contribution in [0.25, 0.3) is 0 Å². The van der Waals surface area contributed by atoms with Gasteiger partial charge in [0.1, 0.15) is 5.82 Å². The molecule has 4 N–H and O–H groups in total. The first-order chi connectivity index (χ1) is 8.94. The number of nitrogens with two attached hydrogens (primary N) is 1. The van der Waals surface area contributed by atoms with Crippen LogP contribution in [-0.2, 0) is 16.6 Å². The van der Waals surface area contributed by atoms with E-state index >= 15 is 0 Å². The van der Waals surface area contributed by atoms with Crippen LogP contribution in [0.15, 0.2) is 29.4 Å². The van der Waals surface area contributed by atoms with Gasteiger partial charge in [0.2, 0.25) is 0 Å². The molecular formula is C11H13FN4O2S. The zero-order chi connectivity index (χ0) is 14.0. The number of aromatic nitrogens is 2. The van der Waals surface area contributed by atoms with E-state index in [1.54, 1.807) is 0 Å². The van der Waals surface area contributed by atoms with E-state index in [2.05, 4.69) is 14.9 Å². The SMILES string of the molecule is Cc1cc(S(=O)(=O)Nc2cn[nH]c2)cc(CN)c1F. The number of nitrogens with zero attached hydrogens (tertiary/aromatic N) is 1. The van der Waals surface area contributed by atoms with Crippen molar-refractivity contribution in [1.29, 1.82) is 0 Å². The van der Waals surface area contributed by atoms with E-state index < -0.39 is 15.8 Å². The molecule has 0 atom stereocenters. The molecule has 19 heavy (non-hydrogen) atoms. The molecule has 0 aliphatic rings. The van der Waals surface area contributed by atoms with Gasteiger partial charge in [-0.2, -0.15) is 5.10 Å². The molecule has 1 aromatic carbocycles. The van der Waals surface area contributed by atoms with Gasteiger partial charge in [-0.25, -0.2) is 12.8 Å². The average Bonchev–Trinajstić information content (AvgIpc) is 2.84. The Labute approximate surface area is 109 Å². The first kappa shape index (κ1) is 13.5. The summed E-state index contributed by atoms with van der Waals surface area (Å²) >= 11 is 0. The van der Waals surface area contributed by atoms with Crippen molar-refractivity contribution >= 4 is 15.7 Å². The molecule has 0 spiro atoms. The molecule has 0 aliphatic carbocycles. The zero-order valence-corrected chi connectivity index (χ0v) is 11.0. The van der Waals surface area contributed by atoms with Gasteiger partial charge < -0.3 is 5.73 Å². The van der Waals surface area contributed by atoms with Gasteiger partial charge in [0.15, 0.2) is 0 Å². The normalized spacial score (nSPS) is 11.5. The van der Waals surface area contributed by atoms with Gasteiger partial charge in [0, 0.05) is 18.3 Å². The van der Waals surface area contributed by atoms with E-state index in [0.29, 0.717) is 5.69 Å². The fourth-order valence-corrected chi connectivity index (χ4v) is 2.80. The number of H-pyrrole nitrogens is 1. The van der Waals surface area contributed by atoms with Crippen LogP contribution in [-0.4, -0.2) is 18.6 Å². The summed E-state index contributed by atoms with van der Waals surface area (Å²) < 4.78 is 40.2. The van der Waals surface area contributed by atoms with Gasteiger partial charge in [0.25, 0.3) is 10.0 Å². The fraction of sp³-hybridized carbons (Fsp3) is 0.182. The highest BCUT2D eigenvalue weighted by Gasteiger charge is 2.18. The van der Waals surface area contributed by atoms with Crippen LogP contribution in [0, 0.1) is 12.7 Å². The van der Waals surface area contributed by atoms with Crippen molar-refractivity contribution in [3.8, 4) is 0 Å². The maximum atomic E-state index is 13.6. The molecule has 0 saturated carbocycles. The van der Waals surface area contributed by atoms with Crippen LogP contribution >= 0.6 is 0 Å². The molecule has 2 aromatic rings. The summed E-state index contributed by atoms with van der Waals surface area (Å²) in [7, 11) is -3.79. The third-order valence-corrected chi connectivity index (χ3v) is 3.94. The molecule has 1 heterocycles. The number of hydrogen-bond donors (Lipinski definition) is 3. The summed E-state index contributed by atoms with van der Waals surface area (Å²) in [5, 5.41) is 6.12. The highest BCUT2D eigenvalue weighted by Crippen LogP contribution is 2.21. The topological polar surface area (TPSA) is 101 Å². The minimum atomic E-state index is -3.79. The standard InChI is InChI=1S/C11H13FN4O2S/c1-7-2-10(3-8(4-13)11(7)12)19(17,18)16-9-5-14-15-6-9/h2-3,5-6,16H,4,13H2,1H3,(H,14,15). The van der Waals surface area contributed by atoms with Crippen LogP contribution in [0.3, 0.4) is 0 Å². The molecule has 2 rings (SSSR count). The van der Waals surface area contributed by atoms with Crippen molar-refractivity contribution in [1.82, 2.24) is 10.2 Å². The zero-order valence-electron chi connectivity index (χ0n) is 10.1. The second-order valence-electron chi connectivity index (χ2n) is 4.01. The van der Waals surface area contributed by atoms with E-state index in [9.17, 15) is 12.8 Å². The molecule has 0 radical (unpaired) electrons. The molecule has 0 saturated heterocycles. The average molecular weight is 284 g/mol. The van der Waals surface area contributed by atoms with Crippen LogP contribution in [0.4, 0.5) is 10.1 Å². The molecule has 0 unspecified atom stereocenters. The van der Waals surface area contributed by atoms with Crippen molar-refractivity contribution in [2.24, 2.45) is 5.73 Å². The summed E-state index contributed by atoms with van der Waals surface area (Å²) in [6.45, 7) is 1.42. The number of aryl methyl sites for hydroxylation is 1. The Morgan fingerprint density at radius 2 is 2.21 bits per heavy atom. The number of sulfonamides is 1. The Hall–Kier alpha value is -1.93. The second-order valence-corrected chi connectivity index (χ2v) is 5.69. The highest BCUT2D eigenvalue weighted by atomic mass is 32.2. The highest BCUT2D eigenvalue weighted by molar-refractivity contribution is 7.92. The quantitative estimate of drug-likeness (QED) is 0.783. The number of rotatable bonds is 4. The van der Waals surface area contributed by atoms with Crippen molar-refractivity contribution in [3.05, 3.63) is 41.5 Å². The summed E-state index contributed by atoms with van der Waals surface area (Å²) in [5.41, 5.74) is 6.09. The summed E-state index contributed by atoms with van der Waals surface area (Å²) in [6.07, 6.45) is 2.73. The van der Waals surface area contributed by atoms with E-state index in [1.165, 1.54) is 31.5 Å². The third-order valence-electron chi connectivity index (χ3n) is 2.58. The van der Waals surface area contributed by atoms with Gasteiger partial charge in [0.05, 0.1) is 16.8 Å². The first-order valence-corrected chi connectivity index (χ1v) is 6.93. The second kappa shape index (κ2) is 4.98. The van der Waals surface area contributed by atoms with Crippen LogP contribution < -0.4 is 10.5 Å². The summed E-state index contributed by atoms with van der Waals surface area (Å²) in [6, 6.07) is 2.49. The smallest absolute Gasteiger partial charge is 0.262 e. The predicted molar refractivity (Wildman–Crippen MR) is 68.4 cm³/mol. The van der Waals surface area contributed by atoms with Crippen molar-refractivity contribution in [3.63, 3.8) is 0 Å². The number of halogens is 1. The lowest BCUT2D eigenvalue weighted by molar-refractivity contribution is 0.592. The third kappa shape index (κ3) is 2.74. The van der Waals surface area contributed by atoms with E-state index in [0.717, 1.165) is 0 Å². The Balaban J connectivity index is 2.43. The van der Waals surface area contributed by atoms with E-state index in [1.807, 2.05) is 0 Å². The lowest BCUT2D eigenvalue weighted by atomic mass is 10.1. The Bertz CT molecular complexity index is 683. The van der Waals surface area contributed by atoms with Crippen molar-refractivity contribution in [2.75, 3.05) is 4.72 Å². The molecule has 1 aromatic heterocycles. The number of anilines is 1. The lowest BCUT2D eigenvalue weighted by Crippen LogP contribution is -2.14. The molecule has 102 valence electrons. The van der Waals surface area contributed by atoms with Crippen molar-refractivity contribution in [2.45, 2.75) is 18.4 Å². The molecule has 0 amide bonds. The Kier molecular flexibility index (Phi) is 3.54. The largest absolute Gasteiger partial charge is 0.326 e. The van der Waals surface area contributed by atoms with Gasteiger partial charge in [-0.05, 0) is 24.6 Å². The minimum absolute atomic E-state index is 0.0342. The van der Waals surface area contributed by atoms with Crippen LogP contribution in [0.5, 0.6) is 0 Å². The van der Waals surface area contributed by atoms with Gasteiger partial charge in [-0.1, -0.05) is 0 Å². The number of aromatic amines is 1. The maximum absolute atomic E-state index is 13.6. The molecule has 0 aliphatic heterocycles. The monoisotopic (exact) mass is 284 g/mol. The van der Waals surface area contributed by atoms with E-state index in [4.69, 9.17) is 5.73 Å². The summed E-state index contributed by atoms with van der Waals surface area (Å²) in [5.74, 6) is -0.482. The fourth-order valence-electron chi connectivity index (χ4n) is 1.63. The number of nitrogens with one attached hydrogen (secondary N) is 2. The molecule has 6 nitrogen and oxygen atoms in total. The van der Waals surface area contributed by atoms with Gasteiger partial charge in [-0.15, -0.1) is 0 Å². The Morgan fingerprint density at radius 3 is 2.79 bits per heavy atom. The van der Waals surface area contributed by atoms with Crippen LogP contribution in [0.2, 0.25) is 0 Å². The van der Waals surface area contributed by atoms with E-state index in [-0.39, 0.29) is 22.6 Å². The first-order valence-electron chi connectivity index (χ1n) is 5.44. The predicted octanol–water partition coefficient (Wildman–Crippen LogP) is 1.12. The minimum Gasteiger partial charge on any atom is -0.326 e. The summed E-state index contributed by atoms with van der Waals surface area (Å²) in [4.78, 5) is -0.0342. The molecule has 8 heteroatoms. The maximum Gasteiger partial charge on any atom is 0.262 e.